The quantitative estimate of drug-likeness (QED) is 0.787. The third kappa shape index (κ3) is 2.63. The fraction of sp³-hybridized carbons (Fsp3) is 0.357. The first-order valence-electron chi connectivity index (χ1n) is 7.31. The second kappa shape index (κ2) is 5.58. The number of nitrogens with one attached hydrogen (secondary N) is 1. The lowest BCUT2D eigenvalue weighted by Crippen LogP contribution is -2.36. The molecule has 23 heavy (non-hydrogen) atoms. The van der Waals surface area contributed by atoms with E-state index in [1.807, 2.05) is 29.4 Å². The van der Waals surface area contributed by atoms with Crippen LogP contribution in [0.25, 0.3) is 11.4 Å². The number of carbonyl (C=O) groups excluding carboxylic acids is 1. The fourth-order valence-electron chi connectivity index (χ4n) is 2.71. The molecule has 1 aliphatic carbocycles. The number of nitrogens with zero attached hydrogens (tertiary/aromatic N) is 6. The molecular weight excluding hydrogens is 314 g/mol. The second-order valence-corrected chi connectivity index (χ2v) is 6.43. The summed E-state index contributed by atoms with van der Waals surface area (Å²) in [5.41, 5.74) is 1.75. The van der Waals surface area contributed by atoms with Crippen molar-refractivity contribution in [3.63, 3.8) is 0 Å². The molecule has 9 heteroatoms. The Labute approximate surface area is 136 Å². The highest BCUT2D eigenvalue weighted by Gasteiger charge is 2.36. The van der Waals surface area contributed by atoms with E-state index in [0.717, 1.165) is 24.2 Å². The van der Waals surface area contributed by atoms with Gasteiger partial charge in [0.25, 0.3) is 0 Å². The number of hydrogen-bond donors (Lipinski definition) is 1. The van der Waals surface area contributed by atoms with Crippen molar-refractivity contribution in [2.45, 2.75) is 18.9 Å². The molecule has 4 rings (SSSR count). The van der Waals surface area contributed by atoms with Gasteiger partial charge in [0.05, 0.1) is 17.9 Å². The van der Waals surface area contributed by atoms with Crippen molar-refractivity contribution in [3.8, 4) is 11.4 Å². The summed E-state index contributed by atoms with van der Waals surface area (Å²) >= 11 is 1.42. The summed E-state index contributed by atoms with van der Waals surface area (Å²) in [7, 11) is 1.87. The van der Waals surface area contributed by atoms with Crippen LogP contribution in [0.2, 0.25) is 0 Å². The molecule has 0 bridgehead atoms. The lowest BCUT2D eigenvalue weighted by Gasteiger charge is -2.33. The minimum absolute atomic E-state index is 0.00764. The molecule has 0 aromatic carbocycles. The first kappa shape index (κ1) is 14.1. The minimum atomic E-state index is 0.00764. The molecule has 1 fully saturated rings. The Morgan fingerprint density at radius 3 is 2.96 bits per heavy atom. The Morgan fingerprint density at radius 1 is 1.39 bits per heavy atom. The molecule has 3 heterocycles. The van der Waals surface area contributed by atoms with E-state index >= 15 is 0 Å². The van der Waals surface area contributed by atoms with Gasteiger partial charge in [0.1, 0.15) is 5.69 Å². The van der Waals surface area contributed by atoms with Gasteiger partial charge in [-0.05, 0) is 18.9 Å². The van der Waals surface area contributed by atoms with Crippen LogP contribution < -0.4 is 5.32 Å². The molecule has 0 aliphatic heterocycles. The maximum Gasteiger partial charge on any atom is 0.229 e. The summed E-state index contributed by atoms with van der Waals surface area (Å²) in [6, 6.07) is 2.17. The number of amides is 1. The van der Waals surface area contributed by atoms with Crippen molar-refractivity contribution in [2.24, 2.45) is 13.0 Å². The van der Waals surface area contributed by atoms with E-state index in [2.05, 4.69) is 25.7 Å². The monoisotopic (exact) mass is 329 g/mol. The lowest BCUT2D eigenvalue weighted by molar-refractivity contribution is -0.123. The van der Waals surface area contributed by atoms with Crippen LogP contribution in [0.5, 0.6) is 0 Å². The van der Waals surface area contributed by atoms with Crippen molar-refractivity contribution in [1.82, 2.24) is 29.8 Å². The first-order chi connectivity index (χ1) is 11.2. The van der Waals surface area contributed by atoms with Gasteiger partial charge >= 0.3 is 0 Å². The zero-order valence-corrected chi connectivity index (χ0v) is 13.3. The number of hydrogen-bond acceptors (Lipinski definition) is 6. The highest BCUT2D eigenvalue weighted by atomic mass is 32.1. The Hall–Kier alpha value is -2.55. The van der Waals surface area contributed by atoms with Gasteiger partial charge in [0.15, 0.2) is 5.13 Å². The smallest absolute Gasteiger partial charge is 0.229 e. The first-order valence-corrected chi connectivity index (χ1v) is 8.19. The van der Waals surface area contributed by atoms with Gasteiger partial charge in [-0.25, -0.2) is 9.67 Å². The Balaban J connectivity index is 1.37. The van der Waals surface area contributed by atoms with Crippen LogP contribution in [-0.4, -0.2) is 35.7 Å². The Kier molecular flexibility index (Phi) is 3.41. The molecule has 1 saturated carbocycles. The van der Waals surface area contributed by atoms with Gasteiger partial charge in [0, 0.05) is 30.7 Å². The minimum Gasteiger partial charge on any atom is -0.302 e. The highest BCUT2D eigenvalue weighted by Crippen LogP contribution is 2.38. The van der Waals surface area contributed by atoms with Gasteiger partial charge in [-0.1, -0.05) is 5.21 Å². The molecule has 8 nitrogen and oxygen atoms in total. The number of anilines is 1. The normalized spacial score (nSPS) is 20.2. The summed E-state index contributed by atoms with van der Waals surface area (Å²) in [6.45, 7) is 0. The Morgan fingerprint density at radius 2 is 2.26 bits per heavy atom. The van der Waals surface area contributed by atoms with Gasteiger partial charge in [-0.2, -0.15) is 5.10 Å². The van der Waals surface area contributed by atoms with Gasteiger partial charge in [-0.3, -0.25) is 9.48 Å². The molecule has 1 N–H and O–H groups in total. The maximum atomic E-state index is 12.3. The number of thiazole rings is 1. The number of rotatable bonds is 4. The standard InChI is InChI=1S/C14H15N7OS/c1-20-12(2-3-16-20)11-8-23-14(17-11)18-13(22)9-6-10(7-9)21-5-4-15-19-21/h2-5,8-10H,6-7H2,1H3,(H,17,18,22). The van der Waals surface area contributed by atoms with Crippen molar-refractivity contribution < 1.29 is 4.79 Å². The third-order valence-electron chi connectivity index (χ3n) is 4.12. The average Bonchev–Trinajstić information content (AvgIpc) is 3.18. The van der Waals surface area contributed by atoms with Crippen LogP contribution in [0, 0.1) is 5.92 Å². The predicted molar refractivity (Wildman–Crippen MR) is 84.7 cm³/mol. The fourth-order valence-corrected chi connectivity index (χ4v) is 3.42. The van der Waals surface area contributed by atoms with Crippen LogP contribution in [0.1, 0.15) is 18.9 Å². The van der Waals surface area contributed by atoms with Crippen LogP contribution >= 0.6 is 11.3 Å². The average molecular weight is 329 g/mol. The number of carbonyl (C=O) groups is 1. The van der Waals surface area contributed by atoms with Crippen LogP contribution in [-0.2, 0) is 11.8 Å². The van der Waals surface area contributed by atoms with Crippen molar-refractivity contribution in [1.29, 1.82) is 0 Å². The zero-order chi connectivity index (χ0) is 15.8. The molecule has 1 amide bonds. The summed E-state index contributed by atoms with van der Waals surface area (Å²) in [4.78, 5) is 16.7. The molecule has 0 spiro atoms. The molecule has 0 atom stereocenters. The molecule has 118 valence electrons. The van der Waals surface area contributed by atoms with E-state index in [-0.39, 0.29) is 17.9 Å². The summed E-state index contributed by atoms with van der Waals surface area (Å²) in [5.74, 6) is 0.0283. The van der Waals surface area contributed by atoms with E-state index in [1.165, 1.54) is 11.3 Å². The molecular formula is C14H15N7OS. The summed E-state index contributed by atoms with van der Waals surface area (Å²) in [6.07, 6.45) is 6.79. The number of aryl methyl sites for hydroxylation is 1. The number of aromatic nitrogens is 6. The van der Waals surface area contributed by atoms with E-state index in [4.69, 9.17) is 0 Å². The summed E-state index contributed by atoms with van der Waals surface area (Å²) < 4.78 is 3.57. The molecule has 3 aromatic heterocycles. The molecule has 1 aliphatic rings. The van der Waals surface area contributed by atoms with Crippen molar-refractivity contribution >= 4 is 22.4 Å². The van der Waals surface area contributed by atoms with E-state index in [1.54, 1.807) is 17.1 Å². The van der Waals surface area contributed by atoms with Crippen LogP contribution in [0.15, 0.2) is 30.0 Å². The SMILES string of the molecule is Cn1nccc1-c1csc(NC(=O)C2CC(n3ccnn3)C2)n1. The molecule has 0 saturated heterocycles. The van der Waals surface area contributed by atoms with E-state index < -0.39 is 0 Å². The van der Waals surface area contributed by atoms with Gasteiger partial charge in [-0.15, -0.1) is 16.4 Å². The van der Waals surface area contributed by atoms with Gasteiger partial charge in [0.2, 0.25) is 5.91 Å². The predicted octanol–water partition coefficient (Wildman–Crippen LogP) is 1.72. The van der Waals surface area contributed by atoms with E-state index in [0.29, 0.717) is 5.13 Å². The van der Waals surface area contributed by atoms with Crippen molar-refractivity contribution in [2.75, 3.05) is 5.32 Å². The third-order valence-corrected chi connectivity index (χ3v) is 4.87. The molecule has 0 radical (unpaired) electrons. The van der Waals surface area contributed by atoms with Crippen molar-refractivity contribution in [3.05, 3.63) is 30.0 Å². The van der Waals surface area contributed by atoms with Crippen LogP contribution in [0.4, 0.5) is 5.13 Å². The zero-order valence-electron chi connectivity index (χ0n) is 12.5. The summed E-state index contributed by atoms with van der Waals surface area (Å²) in [5, 5.41) is 17.3. The highest BCUT2D eigenvalue weighted by molar-refractivity contribution is 7.14. The molecule has 0 unspecified atom stereocenters. The largest absolute Gasteiger partial charge is 0.302 e. The Bertz CT molecular complexity index is 816. The maximum absolute atomic E-state index is 12.3. The second-order valence-electron chi connectivity index (χ2n) is 5.57. The lowest BCUT2D eigenvalue weighted by atomic mass is 9.80. The topological polar surface area (TPSA) is 90.5 Å². The van der Waals surface area contributed by atoms with E-state index in [9.17, 15) is 4.79 Å². The van der Waals surface area contributed by atoms with Gasteiger partial charge < -0.3 is 5.32 Å². The van der Waals surface area contributed by atoms with Crippen LogP contribution in [0.3, 0.4) is 0 Å². The molecule has 3 aromatic rings.